The van der Waals surface area contributed by atoms with E-state index in [1.54, 1.807) is 26.0 Å². The zero-order valence-electron chi connectivity index (χ0n) is 11.1. The number of ketones is 1. The van der Waals surface area contributed by atoms with E-state index in [4.69, 9.17) is 11.6 Å². The van der Waals surface area contributed by atoms with Gasteiger partial charge >= 0.3 is 0 Å². The van der Waals surface area contributed by atoms with E-state index >= 15 is 0 Å². The molecule has 0 aliphatic carbocycles. The second kappa shape index (κ2) is 5.14. The Bertz CT molecular complexity index is 639. The Hall–Kier alpha value is -1.67. The van der Waals surface area contributed by atoms with Crippen LogP contribution in [-0.4, -0.2) is 5.78 Å². The molecule has 2 aromatic rings. The van der Waals surface area contributed by atoms with Crippen molar-refractivity contribution in [1.29, 1.82) is 0 Å². The summed E-state index contributed by atoms with van der Waals surface area (Å²) < 4.78 is 13.3. The van der Waals surface area contributed by atoms with Gasteiger partial charge in [-0.25, -0.2) is 4.39 Å². The van der Waals surface area contributed by atoms with Gasteiger partial charge in [-0.15, -0.1) is 0 Å². The van der Waals surface area contributed by atoms with Gasteiger partial charge in [-0.3, -0.25) is 4.79 Å². The first kappa shape index (κ1) is 13.8. The molecule has 0 unspecified atom stereocenters. The number of carbonyl (C=O) groups excluding carboxylic acids is 1. The second-order valence-corrected chi connectivity index (χ2v) is 5.13. The summed E-state index contributed by atoms with van der Waals surface area (Å²) in [7, 11) is 0. The molecule has 0 spiro atoms. The zero-order valence-corrected chi connectivity index (χ0v) is 11.8. The van der Waals surface area contributed by atoms with Crippen LogP contribution in [0.4, 0.5) is 4.39 Å². The second-order valence-electron chi connectivity index (χ2n) is 4.73. The van der Waals surface area contributed by atoms with Crippen molar-refractivity contribution in [1.82, 2.24) is 0 Å². The van der Waals surface area contributed by atoms with Crippen molar-refractivity contribution in [3.05, 3.63) is 69.0 Å². The number of hydrogen-bond acceptors (Lipinski definition) is 1. The van der Waals surface area contributed by atoms with Gasteiger partial charge in [0.05, 0.1) is 5.02 Å². The molecule has 98 valence electrons. The van der Waals surface area contributed by atoms with Crippen LogP contribution in [0.2, 0.25) is 5.02 Å². The lowest BCUT2D eigenvalue weighted by Crippen LogP contribution is -2.07. The minimum atomic E-state index is -0.332. The van der Waals surface area contributed by atoms with E-state index in [1.165, 1.54) is 12.1 Å². The molecule has 19 heavy (non-hydrogen) atoms. The molecule has 2 rings (SSSR count). The largest absolute Gasteiger partial charge is 0.289 e. The van der Waals surface area contributed by atoms with Crippen LogP contribution in [0.5, 0.6) is 0 Å². The molecule has 0 fully saturated rings. The van der Waals surface area contributed by atoms with Crippen molar-refractivity contribution in [3.63, 3.8) is 0 Å². The smallest absolute Gasteiger partial charge is 0.195 e. The van der Waals surface area contributed by atoms with Gasteiger partial charge in [-0.2, -0.15) is 0 Å². The monoisotopic (exact) mass is 276 g/mol. The SMILES string of the molecule is Cc1ccc(C(=O)c2c(C)cc(F)cc2C)c(Cl)c1. The number of hydrogen-bond donors (Lipinski definition) is 0. The third kappa shape index (κ3) is 2.69. The number of aryl methyl sites for hydroxylation is 3. The summed E-state index contributed by atoms with van der Waals surface area (Å²) in [5.74, 6) is -0.499. The van der Waals surface area contributed by atoms with E-state index in [9.17, 15) is 9.18 Å². The Morgan fingerprint density at radius 2 is 1.63 bits per heavy atom. The Labute approximate surface area is 117 Å². The molecule has 0 saturated heterocycles. The van der Waals surface area contributed by atoms with Crippen LogP contribution in [0.1, 0.15) is 32.6 Å². The summed E-state index contributed by atoms with van der Waals surface area (Å²) in [4.78, 5) is 12.5. The third-order valence-electron chi connectivity index (χ3n) is 3.09. The van der Waals surface area contributed by atoms with Crippen LogP contribution in [0.15, 0.2) is 30.3 Å². The van der Waals surface area contributed by atoms with Gasteiger partial charge in [0.2, 0.25) is 0 Å². The average Bonchev–Trinajstić information content (AvgIpc) is 2.26. The first-order valence-corrected chi connectivity index (χ1v) is 6.35. The molecule has 2 aromatic carbocycles. The molecule has 3 heteroatoms. The van der Waals surface area contributed by atoms with Gasteiger partial charge in [0.25, 0.3) is 0 Å². The summed E-state index contributed by atoms with van der Waals surface area (Å²) >= 11 is 6.12. The van der Waals surface area contributed by atoms with Crippen molar-refractivity contribution < 1.29 is 9.18 Å². The molecule has 0 aliphatic heterocycles. The fourth-order valence-corrected chi connectivity index (χ4v) is 2.53. The lowest BCUT2D eigenvalue weighted by molar-refractivity contribution is 0.103. The van der Waals surface area contributed by atoms with E-state index in [0.29, 0.717) is 27.3 Å². The molecule has 0 N–H and O–H groups in total. The van der Waals surface area contributed by atoms with Crippen LogP contribution < -0.4 is 0 Å². The number of rotatable bonds is 2. The average molecular weight is 277 g/mol. The predicted octanol–water partition coefficient (Wildman–Crippen LogP) is 4.64. The number of halogens is 2. The highest BCUT2D eigenvalue weighted by molar-refractivity contribution is 6.35. The van der Waals surface area contributed by atoms with Gasteiger partial charge in [0.15, 0.2) is 5.78 Å². The molecular formula is C16H14ClFO. The summed E-state index contributed by atoms with van der Waals surface area (Å²) in [6.07, 6.45) is 0. The van der Waals surface area contributed by atoms with Crippen LogP contribution in [0.25, 0.3) is 0 Å². The topological polar surface area (TPSA) is 17.1 Å². The fourth-order valence-electron chi connectivity index (χ4n) is 2.21. The zero-order chi connectivity index (χ0) is 14.2. The molecule has 1 nitrogen and oxygen atoms in total. The molecule has 0 aromatic heterocycles. The van der Waals surface area contributed by atoms with Crippen LogP contribution >= 0.6 is 11.6 Å². The molecular weight excluding hydrogens is 263 g/mol. The Balaban J connectivity index is 2.56. The van der Waals surface area contributed by atoms with Gasteiger partial charge < -0.3 is 0 Å². The van der Waals surface area contributed by atoms with E-state index in [2.05, 4.69) is 0 Å². The summed E-state index contributed by atoms with van der Waals surface area (Å²) in [5, 5.41) is 0.424. The number of benzene rings is 2. The third-order valence-corrected chi connectivity index (χ3v) is 3.41. The minimum Gasteiger partial charge on any atom is -0.289 e. The maximum absolute atomic E-state index is 13.3. The van der Waals surface area contributed by atoms with Gasteiger partial charge in [-0.1, -0.05) is 17.7 Å². The molecule has 0 atom stereocenters. The number of carbonyl (C=O) groups is 1. The van der Waals surface area contributed by atoms with Gasteiger partial charge in [0.1, 0.15) is 5.82 Å². The van der Waals surface area contributed by atoms with E-state index in [0.717, 1.165) is 5.56 Å². The quantitative estimate of drug-likeness (QED) is 0.731. The highest BCUT2D eigenvalue weighted by atomic mass is 35.5. The summed E-state index contributed by atoms with van der Waals surface area (Å²) in [5.41, 5.74) is 3.21. The summed E-state index contributed by atoms with van der Waals surface area (Å²) in [6.45, 7) is 5.37. The van der Waals surface area contributed by atoms with Crippen molar-refractivity contribution in [2.75, 3.05) is 0 Å². The molecule has 0 amide bonds. The van der Waals surface area contributed by atoms with Gasteiger partial charge in [-0.05, 0) is 61.7 Å². The Morgan fingerprint density at radius 3 is 2.16 bits per heavy atom. The lowest BCUT2D eigenvalue weighted by Gasteiger charge is -2.10. The fraction of sp³-hybridized carbons (Fsp3) is 0.188. The maximum Gasteiger partial charge on any atom is 0.195 e. The highest BCUT2D eigenvalue weighted by Crippen LogP contribution is 2.25. The summed E-state index contributed by atoms with van der Waals surface area (Å²) in [6, 6.07) is 8.03. The van der Waals surface area contributed by atoms with Crippen molar-refractivity contribution in [3.8, 4) is 0 Å². The van der Waals surface area contributed by atoms with E-state index < -0.39 is 0 Å². The van der Waals surface area contributed by atoms with Crippen LogP contribution in [-0.2, 0) is 0 Å². The van der Waals surface area contributed by atoms with E-state index in [1.807, 2.05) is 13.0 Å². The first-order valence-electron chi connectivity index (χ1n) is 5.97. The standard InChI is InChI=1S/C16H14ClFO/c1-9-4-5-13(14(17)6-9)16(19)15-10(2)7-12(18)8-11(15)3/h4-8H,1-3H3. The molecule has 0 aliphatic rings. The first-order chi connectivity index (χ1) is 8.90. The molecule has 0 bridgehead atoms. The maximum atomic E-state index is 13.3. The van der Waals surface area contributed by atoms with E-state index in [-0.39, 0.29) is 11.6 Å². The minimum absolute atomic E-state index is 0.167. The molecule has 0 radical (unpaired) electrons. The molecule has 0 heterocycles. The Morgan fingerprint density at radius 1 is 1.05 bits per heavy atom. The predicted molar refractivity (Wildman–Crippen MR) is 75.5 cm³/mol. The lowest BCUT2D eigenvalue weighted by atomic mass is 9.94. The van der Waals surface area contributed by atoms with Crippen molar-refractivity contribution in [2.24, 2.45) is 0 Å². The highest BCUT2D eigenvalue weighted by Gasteiger charge is 2.18. The van der Waals surface area contributed by atoms with Crippen molar-refractivity contribution >= 4 is 17.4 Å². The Kier molecular flexibility index (Phi) is 3.72. The normalized spacial score (nSPS) is 10.6. The van der Waals surface area contributed by atoms with Crippen LogP contribution in [0.3, 0.4) is 0 Å². The van der Waals surface area contributed by atoms with Gasteiger partial charge in [0, 0.05) is 11.1 Å². The van der Waals surface area contributed by atoms with Crippen molar-refractivity contribution in [2.45, 2.75) is 20.8 Å². The van der Waals surface area contributed by atoms with Crippen LogP contribution in [0, 0.1) is 26.6 Å². The molecule has 0 saturated carbocycles.